The first-order chi connectivity index (χ1) is 11.5. The smallest absolute Gasteiger partial charge is 0.261 e. The van der Waals surface area contributed by atoms with Crippen molar-refractivity contribution in [3.05, 3.63) is 71.4 Å². The van der Waals surface area contributed by atoms with Crippen molar-refractivity contribution in [2.45, 2.75) is 0 Å². The van der Waals surface area contributed by atoms with Gasteiger partial charge in [0.15, 0.2) is 23.2 Å². The van der Waals surface area contributed by atoms with E-state index in [0.29, 0.717) is 11.6 Å². The summed E-state index contributed by atoms with van der Waals surface area (Å²) in [6.45, 7) is 0. The van der Waals surface area contributed by atoms with E-state index in [2.05, 4.69) is 10.5 Å². The lowest BCUT2D eigenvalue weighted by Gasteiger charge is -2.07. The Morgan fingerprint density at radius 1 is 0.958 bits per heavy atom. The van der Waals surface area contributed by atoms with Gasteiger partial charge in [0.2, 0.25) is 0 Å². The normalized spacial score (nSPS) is 10.7. The number of rotatable bonds is 3. The summed E-state index contributed by atoms with van der Waals surface area (Å²) in [6, 6.07) is 6.62. The molecule has 122 valence electrons. The highest BCUT2D eigenvalue weighted by molar-refractivity contribution is 6.07. The molecule has 2 aromatic carbocycles. The zero-order valence-corrected chi connectivity index (χ0v) is 11.8. The van der Waals surface area contributed by atoms with Gasteiger partial charge in [-0.25, -0.2) is 17.6 Å². The van der Waals surface area contributed by atoms with Gasteiger partial charge < -0.3 is 9.84 Å². The van der Waals surface area contributed by atoms with Crippen LogP contribution >= 0.6 is 0 Å². The molecule has 1 heterocycles. The Hall–Kier alpha value is -3.16. The Morgan fingerprint density at radius 2 is 1.67 bits per heavy atom. The maximum absolute atomic E-state index is 13.6. The topological polar surface area (TPSA) is 55.1 Å². The summed E-state index contributed by atoms with van der Waals surface area (Å²) in [5.74, 6) is -5.90. The predicted molar refractivity (Wildman–Crippen MR) is 76.2 cm³/mol. The van der Waals surface area contributed by atoms with E-state index in [0.717, 1.165) is 24.4 Å². The Bertz CT molecular complexity index is 907. The van der Waals surface area contributed by atoms with Crippen LogP contribution < -0.4 is 5.32 Å². The number of carbonyl (C=O) groups is 1. The van der Waals surface area contributed by atoms with Gasteiger partial charge in [-0.3, -0.25) is 4.79 Å². The van der Waals surface area contributed by atoms with Gasteiger partial charge in [0.25, 0.3) is 5.91 Å². The molecule has 0 aliphatic rings. The van der Waals surface area contributed by atoms with Crippen LogP contribution in [0.3, 0.4) is 0 Å². The molecule has 1 aromatic heterocycles. The molecule has 0 fully saturated rings. The van der Waals surface area contributed by atoms with E-state index in [1.165, 1.54) is 12.1 Å². The van der Waals surface area contributed by atoms with Gasteiger partial charge in [0.05, 0.1) is 11.9 Å². The first-order valence-corrected chi connectivity index (χ1v) is 6.63. The van der Waals surface area contributed by atoms with Gasteiger partial charge in [-0.2, -0.15) is 0 Å². The van der Waals surface area contributed by atoms with Crippen LogP contribution in [0.5, 0.6) is 0 Å². The second-order valence-corrected chi connectivity index (χ2v) is 4.75. The first kappa shape index (κ1) is 15.7. The molecule has 0 aliphatic carbocycles. The molecule has 4 nitrogen and oxygen atoms in total. The summed E-state index contributed by atoms with van der Waals surface area (Å²) < 4.78 is 57.6. The number of amides is 1. The molecule has 1 N–H and O–H groups in total. The maximum atomic E-state index is 13.6. The van der Waals surface area contributed by atoms with Crippen molar-refractivity contribution in [1.29, 1.82) is 0 Å². The highest BCUT2D eigenvalue weighted by atomic mass is 19.2. The molecule has 0 spiro atoms. The zero-order chi connectivity index (χ0) is 17.3. The van der Waals surface area contributed by atoms with Gasteiger partial charge in [-0.1, -0.05) is 5.16 Å². The molecule has 0 atom stereocenters. The molecular formula is C16H8F4N2O2. The SMILES string of the molecule is O=C(Nc1ccc(F)c(F)c1F)c1cnoc1-c1ccc(F)cc1. The highest BCUT2D eigenvalue weighted by Crippen LogP contribution is 2.26. The summed E-state index contributed by atoms with van der Waals surface area (Å²) in [4.78, 5) is 12.2. The van der Waals surface area contributed by atoms with Crippen molar-refractivity contribution in [3.63, 3.8) is 0 Å². The number of benzene rings is 2. The monoisotopic (exact) mass is 336 g/mol. The molecule has 0 bridgehead atoms. The lowest BCUT2D eigenvalue weighted by molar-refractivity contribution is 0.102. The third kappa shape index (κ3) is 2.85. The molecule has 0 unspecified atom stereocenters. The minimum atomic E-state index is -1.70. The number of hydrogen-bond acceptors (Lipinski definition) is 3. The van der Waals surface area contributed by atoms with Crippen LogP contribution in [0.15, 0.2) is 47.1 Å². The van der Waals surface area contributed by atoms with Crippen molar-refractivity contribution in [2.24, 2.45) is 0 Å². The van der Waals surface area contributed by atoms with E-state index in [-0.39, 0.29) is 11.3 Å². The second kappa shape index (κ2) is 6.15. The van der Waals surface area contributed by atoms with E-state index in [4.69, 9.17) is 4.52 Å². The van der Waals surface area contributed by atoms with Crippen LogP contribution in [0.25, 0.3) is 11.3 Å². The molecular weight excluding hydrogens is 328 g/mol. The molecule has 24 heavy (non-hydrogen) atoms. The molecule has 0 radical (unpaired) electrons. The van der Waals surface area contributed by atoms with Gasteiger partial charge in [-0.15, -0.1) is 0 Å². The number of halogens is 4. The molecule has 0 aliphatic heterocycles. The summed E-state index contributed by atoms with van der Waals surface area (Å²) in [7, 11) is 0. The maximum Gasteiger partial charge on any atom is 0.261 e. The van der Waals surface area contributed by atoms with Crippen molar-refractivity contribution in [2.75, 3.05) is 5.32 Å². The third-order valence-corrected chi connectivity index (χ3v) is 3.20. The molecule has 0 saturated carbocycles. The minimum Gasteiger partial charge on any atom is -0.355 e. The van der Waals surface area contributed by atoms with Crippen LogP contribution in [-0.4, -0.2) is 11.1 Å². The number of nitrogens with zero attached hydrogens (tertiary/aromatic N) is 1. The van der Waals surface area contributed by atoms with Crippen LogP contribution in [-0.2, 0) is 0 Å². The van der Waals surface area contributed by atoms with Crippen LogP contribution in [0.1, 0.15) is 10.4 Å². The Labute approximate surface area is 132 Å². The van der Waals surface area contributed by atoms with Crippen LogP contribution in [0.4, 0.5) is 23.2 Å². The van der Waals surface area contributed by atoms with Crippen molar-refractivity contribution in [1.82, 2.24) is 5.16 Å². The highest BCUT2D eigenvalue weighted by Gasteiger charge is 2.21. The number of anilines is 1. The fourth-order valence-corrected chi connectivity index (χ4v) is 2.02. The van der Waals surface area contributed by atoms with E-state index >= 15 is 0 Å². The molecule has 3 rings (SSSR count). The molecule has 8 heteroatoms. The molecule has 1 amide bonds. The van der Waals surface area contributed by atoms with Crippen molar-refractivity contribution < 1.29 is 26.9 Å². The third-order valence-electron chi connectivity index (χ3n) is 3.20. The number of aromatic nitrogens is 1. The lowest BCUT2D eigenvalue weighted by Crippen LogP contribution is -2.14. The van der Waals surface area contributed by atoms with Crippen LogP contribution in [0.2, 0.25) is 0 Å². The number of hydrogen-bond donors (Lipinski definition) is 1. The average molecular weight is 336 g/mol. The van der Waals surface area contributed by atoms with E-state index in [1.807, 2.05) is 0 Å². The van der Waals surface area contributed by atoms with Gasteiger partial charge in [-0.05, 0) is 36.4 Å². The van der Waals surface area contributed by atoms with E-state index in [9.17, 15) is 22.4 Å². The predicted octanol–water partition coefficient (Wildman–Crippen LogP) is 4.15. The Balaban J connectivity index is 1.91. The summed E-state index contributed by atoms with van der Waals surface area (Å²) in [5.41, 5.74) is -0.249. The second-order valence-electron chi connectivity index (χ2n) is 4.75. The van der Waals surface area contributed by atoms with Crippen molar-refractivity contribution >= 4 is 11.6 Å². The summed E-state index contributed by atoms with van der Waals surface area (Å²) >= 11 is 0. The minimum absolute atomic E-state index is 0.0236. The van der Waals surface area contributed by atoms with Crippen LogP contribution in [0, 0.1) is 23.3 Å². The number of nitrogens with one attached hydrogen (secondary N) is 1. The summed E-state index contributed by atoms with van der Waals surface area (Å²) in [5, 5.41) is 5.59. The van der Waals surface area contributed by atoms with Gasteiger partial charge in [0, 0.05) is 5.56 Å². The van der Waals surface area contributed by atoms with Gasteiger partial charge >= 0.3 is 0 Å². The average Bonchev–Trinajstić information content (AvgIpc) is 3.06. The first-order valence-electron chi connectivity index (χ1n) is 6.63. The van der Waals surface area contributed by atoms with E-state index in [1.54, 1.807) is 0 Å². The van der Waals surface area contributed by atoms with Gasteiger partial charge in [0.1, 0.15) is 11.4 Å². The molecule has 0 saturated heterocycles. The summed E-state index contributed by atoms with van der Waals surface area (Å²) in [6.07, 6.45) is 1.08. The Morgan fingerprint density at radius 3 is 2.38 bits per heavy atom. The quantitative estimate of drug-likeness (QED) is 0.577. The lowest BCUT2D eigenvalue weighted by atomic mass is 10.1. The van der Waals surface area contributed by atoms with Crippen molar-refractivity contribution in [3.8, 4) is 11.3 Å². The number of carbonyl (C=O) groups excluding carboxylic acids is 1. The molecule has 3 aromatic rings. The fourth-order valence-electron chi connectivity index (χ4n) is 2.02. The fraction of sp³-hybridized carbons (Fsp3) is 0. The standard InChI is InChI=1S/C16H8F4N2O2/c17-9-3-1-8(2-4-9)15-10(7-21-24-15)16(23)22-12-6-5-11(18)13(19)14(12)20/h1-7H,(H,22,23). The largest absolute Gasteiger partial charge is 0.355 e. The van der Waals surface area contributed by atoms with E-state index < -0.39 is 34.9 Å². The Kier molecular flexibility index (Phi) is 4.03. The zero-order valence-electron chi connectivity index (χ0n) is 11.8.